The highest BCUT2D eigenvalue weighted by molar-refractivity contribution is 7.89. The molecule has 1 aromatic carbocycles. The summed E-state index contributed by atoms with van der Waals surface area (Å²) in [5, 5.41) is 18.6. The Morgan fingerprint density at radius 1 is 1.33 bits per heavy atom. The first-order valence-corrected chi connectivity index (χ1v) is 7.71. The van der Waals surface area contributed by atoms with E-state index in [9.17, 15) is 23.1 Å². The van der Waals surface area contributed by atoms with E-state index < -0.39 is 28.1 Å². The molecule has 0 bridgehead atoms. The SMILES string of the molecule is CC(=O)c1cccc(S(=O)(=O)N2C[C@@H](O)C[C@H]2C(=O)O)c1. The molecule has 8 heteroatoms. The van der Waals surface area contributed by atoms with Gasteiger partial charge in [0.05, 0.1) is 11.0 Å². The van der Waals surface area contributed by atoms with Crippen molar-refractivity contribution >= 4 is 21.8 Å². The van der Waals surface area contributed by atoms with Crippen molar-refractivity contribution in [1.29, 1.82) is 0 Å². The van der Waals surface area contributed by atoms with Crippen LogP contribution in [0.15, 0.2) is 29.2 Å². The molecule has 1 fully saturated rings. The van der Waals surface area contributed by atoms with Crippen molar-refractivity contribution in [1.82, 2.24) is 4.31 Å². The molecule has 0 amide bonds. The molecule has 1 aliphatic heterocycles. The quantitative estimate of drug-likeness (QED) is 0.762. The molecule has 0 aliphatic carbocycles. The predicted octanol–water partition coefficient (Wildman–Crippen LogP) is 0.0977. The van der Waals surface area contributed by atoms with Gasteiger partial charge < -0.3 is 10.2 Å². The number of hydrogen-bond donors (Lipinski definition) is 2. The fraction of sp³-hybridized carbons (Fsp3) is 0.385. The van der Waals surface area contributed by atoms with E-state index in [1.165, 1.54) is 31.2 Å². The number of carboxylic acids is 1. The fourth-order valence-electron chi connectivity index (χ4n) is 2.29. The van der Waals surface area contributed by atoms with Gasteiger partial charge in [-0.3, -0.25) is 9.59 Å². The van der Waals surface area contributed by atoms with E-state index in [1.807, 2.05) is 0 Å². The second-order valence-corrected chi connectivity index (χ2v) is 6.79. The molecule has 7 nitrogen and oxygen atoms in total. The Labute approximate surface area is 121 Å². The zero-order valence-corrected chi connectivity index (χ0v) is 12.1. The van der Waals surface area contributed by atoms with Gasteiger partial charge in [0.2, 0.25) is 10.0 Å². The molecule has 0 spiro atoms. The maximum Gasteiger partial charge on any atom is 0.322 e. The van der Waals surface area contributed by atoms with E-state index in [0.717, 1.165) is 4.31 Å². The Bertz CT molecular complexity index is 684. The third-order valence-electron chi connectivity index (χ3n) is 3.37. The summed E-state index contributed by atoms with van der Waals surface area (Å²) in [6.07, 6.45) is -1.17. The van der Waals surface area contributed by atoms with Gasteiger partial charge in [0.15, 0.2) is 5.78 Å². The van der Waals surface area contributed by atoms with Gasteiger partial charge in [-0.15, -0.1) is 0 Å². The van der Waals surface area contributed by atoms with E-state index >= 15 is 0 Å². The summed E-state index contributed by atoms with van der Waals surface area (Å²) in [7, 11) is -4.08. The number of rotatable bonds is 4. The molecule has 21 heavy (non-hydrogen) atoms. The molecule has 2 atom stereocenters. The van der Waals surface area contributed by atoms with Gasteiger partial charge in [-0.1, -0.05) is 12.1 Å². The van der Waals surface area contributed by atoms with Crippen LogP contribution >= 0.6 is 0 Å². The number of β-amino-alcohol motifs (C(OH)–C–C–N with tert-alkyl or cyclic N) is 1. The lowest BCUT2D eigenvalue weighted by atomic mass is 10.2. The van der Waals surface area contributed by atoms with E-state index in [1.54, 1.807) is 0 Å². The third kappa shape index (κ3) is 2.97. The number of Topliss-reactive ketones (excluding diaryl/α,β-unsaturated/α-hetero) is 1. The van der Waals surface area contributed by atoms with Crippen LogP contribution in [0.3, 0.4) is 0 Å². The number of aliphatic hydroxyl groups excluding tert-OH is 1. The van der Waals surface area contributed by atoms with Crippen LogP contribution in [0.4, 0.5) is 0 Å². The lowest BCUT2D eigenvalue weighted by molar-refractivity contribution is -0.140. The Kier molecular flexibility index (Phi) is 4.13. The topological polar surface area (TPSA) is 112 Å². The van der Waals surface area contributed by atoms with Crippen LogP contribution in [-0.4, -0.2) is 53.4 Å². The Morgan fingerprint density at radius 3 is 2.57 bits per heavy atom. The fourth-order valence-corrected chi connectivity index (χ4v) is 3.96. The number of carbonyl (C=O) groups is 2. The van der Waals surface area contributed by atoms with Crippen LogP contribution < -0.4 is 0 Å². The number of hydrogen-bond acceptors (Lipinski definition) is 5. The molecule has 1 saturated heterocycles. The number of carboxylic acid groups (broad SMARTS) is 1. The summed E-state index contributed by atoms with van der Waals surface area (Å²) in [6, 6.07) is 4.11. The zero-order chi connectivity index (χ0) is 15.8. The molecule has 2 rings (SSSR count). The molecular formula is C13H15NO6S. The Hall–Kier alpha value is -1.77. The van der Waals surface area contributed by atoms with Crippen LogP contribution in [0, 0.1) is 0 Å². The number of aliphatic carboxylic acids is 1. The highest BCUT2D eigenvalue weighted by atomic mass is 32.2. The third-order valence-corrected chi connectivity index (χ3v) is 5.24. The molecule has 1 aromatic rings. The van der Waals surface area contributed by atoms with E-state index in [-0.39, 0.29) is 29.2 Å². The number of aliphatic hydroxyl groups is 1. The number of nitrogens with zero attached hydrogens (tertiary/aromatic N) is 1. The highest BCUT2D eigenvalue weighted by Crippen LogP contribution is 2.27. The van der Waals surface area contributed by atoms with E-state index in [0.29, 0.717) is 0 Å². The molecule has 0 saturated carbocycles. The van der Waals surface area contributed by atoms with Gasteiger partial charge in [-0.25, -0.2) is 8.42 Å². The number of benzene rings is 1. The molecule has 0 aromatic heterocycles. The molecule has 1 aliphatic rings. The average molecular weight is 313 g/mol. The van der Waals surface area contributed by atoms with Crippen LogP contribution in [0.1, 0.15) is 23.7 Å². The lowest BCUT2D eigenvalue weighted by Crippen LogP contribution is -2.40. The monoisotopic (exact) mass is 313 g/mol. The van der Waals surface area contributed by atoms with Gasteiger partial charge in [0.1, 0.15) is 6.04 Å². The van der Waals surface area contributed by atoms with Gasteiger partial charge in [-0.05, 0) is 19.1 Å². The maximum atomic E-state index is 12.5. The van der Waals surface area contributed by atoms with Crippen molar-refractivity contribution in [3.8, 4) is 0 Å². The summed E-state index contributed by atoms with van der Waals surface area (Å²) in [5.74, 6) is -1.60. The summed E-state index contributed by atoms with van der Waals surface area (Å²) >= 11 is 0. The zero-order valence-electron chi connectivity index (χ0n) is 11.3. The predicted molar refractivity (Wildman–Crippen MR) is 72.4 cm³/mol. The second kappa shape index (κ2) is 5.55. The first-order valence-electron chi connectivity index (χ1n) is 6.27. The molecule has 0 radical (unpaired) electrons. The van der Waals surface area contributed by atoms with Crippen molar-refractivity contribution in [2.24, 2.45) is 0 Å². The standard InChI is InChI=1S/C13H15NO6S/c1-8(15)9-3-2-4-11(5-9)21(19,20)14-7-10(16)6-12(14)13(17)18/h2-5,10,12,16H,6-7H2,1H3,(H,17,18)/t10-,12-/m0/s1. The first-order chi connectivity index (χ1) is 9.73. The Balaban J connectivity index is 2.44. The molecule has 1 heterocycles. The lowest BCUT2D eigenvalue weighted by Gasteiger charge is -2.20. The number of sulfonamides is 1. The summed E-state index contributed by atoms with van der Waals surface area (Å²) in [4.78, 5) is 22.3. The smallest absolute Gasteiger partial charge is 0.322 e. The van der Waals surface area contributed by atoms with Gasteiger partial charge >= 0.3 is 5.97 Å². The molecular weight excluding hydrogens is 298 g/mol. The largest absolute Gasteiger partial charge is 0.480 e. The van der Waals surface area contributed by atoms with Crippen LogP contribution in [-0.2, 0) is 14.8 Å². The van der Waals surface area contributed by atoms with Crippen molar-refractivity contribution in [2.45, 2.75) is 30.4 Å². The average Bonchev–Trinajstić information content (AvgIpc) is 2.82. The first kappa shape index (κ1) is 15.6. The summed E-state index contributed by atoms with van der Waals surface area (Å²) in [6.45, 7) is 1.04. The normalized spacial score (nSPS) is 23.1. The number of carbonyl (C=O) groups excluding carboxylic acids is 1. The van der Waals surface area contributed by atoms with Crippen molar-refractivity contribution < 1.29 is 28.2 Å². The molecule has 114 valence electrons. The van der Waals surface area contributed by atoms with Crippen molar-refractivity contribution in [3.63, 3.8) is 0 Å². The minimum Gasteiger partial charge on any atom is -0.480 e. The van der Waals surface area contributed by atoms with E-state index in [2.05, 4.69) is 0 Å². The van der Waals surface area contributed by atoms with Gasteiger partial charge in [0, 0.05) is 18.5 Å². The molecule has 2 N–H and O–H groups in total. The number of ketones is 1. The summed E-state index contributed by atoms with van der Waals surface area (Å²) < 4.78 is 25.8. The van der Waals surface area contributed by atoms with Crippen molar-refractivity contribution in [3.05, 3.63) is 29.8 Å². The molecule has 0 unspecified atom stereocenters. The second-order valence-electron chi connectivity index (χ2n) is 4.90. The Morgan fingerprint density at radius 2 is 2.00 bits per heavy atom. The van der Waals surface area contributed by atoms with Gasteiger partial charge in [-0.2, -0.15) is 4.31 Å². The van der Waals surface area contributed by atoms with Crippen molar-refractivity contribution in [2.75, 3.05) is 6.54 Å². The minimum atomic E-state index is -4.08. The highest BCUT2D eigenvalue weighted by Gasteiger charge is 2.43. The van der Waals surface area contributed by atoms with Crippen LogP contribution in [0.25, 0.3) is 0 Å². The van der Waals surface area contributed by atoms with Crippen LogP contribution in [0.5, 0.6) is 0 Å². The summed E-state index contributed by atoms with van der Waals surface area (Å²) in [5.41, 5.74) is 0.225. The van der Waals surface area contributed by atoms with Gasteiger partial charge in [0.25, 0.3) is 0 Å². The maximum absolute atomic E-state index is 12.5. The minimum absolute atomic E-state index is 0.152. The van der Waals surface area contributed by atoms with Crippen LogP contribution in [0.2, 0.25) is 0 Å². The van der Waals surface area contributed by atoms with E-state index in [4.69, 9.17) is 5.11 Å².